The molecule has 3 atom stereocenters. The minimum absolute atomic E-state index is 0.0477. The molecule has 5 nitrogen and oxygen atoms in total. The topological polar surface area (TPSA) is 56.7 Å². The molecular weight excluding hydrogens is 286 g/mol. The molecular formula is C15H23N3O2S. The molecule has 21 heavy (non-hydrogen) atoms. The molecule has 1 aromatic heterocycles. The van der Waals surface area contributed by atoms with Crippen molar-refractivity contribution in [2.24, 2.45) is 5.92 Å². The number of piperidine rings is 1. The van der Waals surface area contributed by atoms with Gasteiger partial charge in [-0.3, -0.25) is 9.69 Å². The van der Waals surface area contributed by atoms with Crippen molar-refractivity contribution in [1.82, 2.24) is 14.8 Å². The van der Waals surface area contributed by atoms with E-state index in [1.54, 1.807) is 18.3 Å². The number of aliphatic hydroxyl groups excluding tert-OH is 1. The Balaban J connectivity index is 1.71. The van der Waals surface area contributed by atoms with Crippen LogP contribution in [-0.2, 0) is 11.3 Å². The minimum atomic E-state index is -0.391. The van der Waals surface area contributed by atoms with Gasteiger partial charge < -0.3 is 10.0 Å². The highest BCUT2D eigenvalue weighted by Crippen LogP contribution is 2.42. The summed E-state index contributed by atoms with van der Waals surface area (Å²) < 4.78 is 0. The molecule has 1 N–H and O–H groups in total. The summed E-state index contributed by atoms with van der Waals surface area (Å²) in [5.41, 5.74) is -0.391. The fourth-order valence-corrected chi connectivity index (χ4v) is 4.78. The standard InChI is InChI=1S/C15H23N3O2S/c1-11(20)18-13-3-5-17(9-14-16-4-6-21-14)8-12(13)7-15(18,2)10-19/h4,6,12-13,19H,3,5,7-10H2,1-2H3/t12-,13-,15+/m0/s1. The zero-order chi connectivity index (χ0) is 15.0. The molecule has 0 radical (unpaired) electrons. The zero-order valence-corrected chi connectivity index (χ0v) is 13.5. The number of nitrogens with zero attached hydrogens (tertiary/aromatic N) is 3. The highest BCUT2D eigenvalue weighted by Gasteiger charge is 2.51. The molecule has 1 aromatic rings. The van der Waals surface area contributed by atoms with Crippen molar-refractivity contribution in [2.45, 2.75) is 44.8 Å². The summed E-state index contributed by atoms with van der Waals surface area (Å²) in [7, 11) is 0. The van der Waals surface area contributed by atoms with Crippen LogP contribution in [0.5, 0.6) is 0 Å². The van der Waals surface area contributed by atoms with Crippen molar-refractivity contribution in [3.05, 3.63) is 16.6 Å². The van der Waals surface area contributed by atoms with E-state index >= 15 is 0 Å². The molecule has 0 bridgehead atoms. The van der Waals surface area contributed by atoms with E-state index in [1.807, 2.05) is 23.4 Å². The van der Waals surface area contributed by atoms with Gasteiger partial charge in [0, 0.05) is 37.6 Å². The van der Waals surface area contributed by atoms with Crippen LogP contribution in [0.4, 0.5) is 0 Å². The van der Waals surface area contributed by atoms with Gasteiger partial charge in [0.15, 0.2) is 0 Å². The van der Waals surface area contributed by atoms with Crippen molar-refractivity contribution < 1.29 is 9.90 Å². The quantitative estimate of drug-likeness (QED) is 0.915. The molecule has 3 rings (SSSR count). The van der Waals surface area contributed by atoms with E-state index in [9.17, 15) is 9.90 Å². The summed E-state index contributed by atoms with van der Waals surface area (Å²) in [5.74, 6) is 0.548. The first-order chi connectivity index (χ1) is 10.0. The lowest BCUT2D eigenvalue weighted by Gasteiger charge is -2.40. The average Bonchev–Trinajstić information content (AvgIpc) is 3.03. The van der Waals surface area contributed by atoms with Crippen molar-refractivity contribution in [1.29, 1.82) is 0 Å². The summed E-state index contributed by atoms with van der Waals surface area (Å²) in [4.78, 5) is 20.7. The number of rotatable bonds is 3. The first-order valence-electron chi connectivity index (χ1n) is 7.55. The molecule has 116 valence electrons. The Morgan fingerprint density at radius 1 is 1.62 bits per heavy atom. The SMILES string of the molecule is CC(=O)N1[C@H]2CCN(Cc3nccs3)C[C@@H]2C[C@]1(C)CO. The minimum Gasteiger partial charge on any atom is -0.394 e. The van der Waals surface area contributed by atoms with E-state index in [-0.39, 0.29) is 18.6 Å². The van der Waals surface area contributed by atoms with E-state index in [2.05, 4.69) is 9.88 Å². The number of likely N-dealkylation sites (tertiary alicyclic amines) is 2. The van der Waals surface area contributed by atoms with Gasteiger partial charge in [0.2, 0.25) is 5.91 Å². The number of fused-ring (bicyclic) bond motifs is 1. The lowest BCUT2D eigenvalue weighted by molar-refractivity contribution is -0.137. The van der Waals surface area contributed by atoms with Gasteiger partial charge in [-0.05, 0) is 25.7 Å². The molecule has 2 aliphatic heterocycles. The Labute approximate surface area is 129 Å². The molecule has 0 aromatic carbocycles. The lowest BCUT2D eigenvalue weighted by atomic mass is 9.89. The van der Waals surface area contributed by atoms with Crippen LogP contribution in [0, 0.1) is 5.92 Å². The van der Waals surface area contributed by atoms with Gasteiger partial charge in [0.1, 0.15) is 5.01 Å². The predicted octanol–water partition coefficient (Wildman–Crippen LogP) is 1.34. The van der Waals surface area contributed by atoms with E-state index in [0.717, 1.165) is 37.5 Å². The van der Waals surface area contributed by atoms with Crippen LogP contribution in [0.3, 0.4) is 0 Å². The first kappa shape index (κ1) is 14.9. The maximum absolute atomic E-state index is 12.0. The number of thiazole rings is 1. The second kappa shape index (κ2) is 5.66. The summed E-state index contributed by atoms with van der Waals surface area (Å²) in [6.07, 6.45) is 3.73. The molecule has 2 saturated heterocycles. The first-order valence-corrected chi connectivity index (χ1v) is 8.43. The number of hydrogen-bond donors (Lipinski definition) is 1. The third-order valence-corrected chi connectivity index (χ3v) is 5.68. The third kappa shape index (κ3) is 2.72. The molecule has 2 aliphatic rings. The Morgan fingerprint density at radius 3 is 3.05 bits per heavy atom. The van der Waals surface area contributed by atoms with Gasteiger partial charge in [-0.15, -0.1) is 11.3 Å². The largest absolute Gasteiger partial charge is 0.394 e. The summed E-state index contributed by atoms with van der Waals surface area (Å²) in [6.45, 7) is 6.56. The maximum atomic E-state index is 12.0. The summed E-state index contributed by atoms with van der Waals surface area (Å²) >= 11 is 1.69. The van der Waals surface area contributed by atoms with Crippen LogP contribution < -0.4 is 0 Å². The average molecular weight is 309 g/mol. The van der Waals surface area contributed by atoms with E-state index in [0.29, 0.717) is 5.92 Å². The summed E-state index contributed by atoms with van der Waals surface area (Å²) in [6, 6.07) is 0.284. The van der Waals surface area contributed by atoms with Gasteiger partial charge in [0.25, 0.3) is 0 Å². The monoisotopic (exact) mass is 309 g/mol. The Bertz CT molecular complexity index is 507. The fourth-order valence-electron chi connectivity index (χ4n) is 4.12. The van der Waals surface area contributed by atoms with Gasteiger partial charge in [-0.2, -0.15) is 0 Å². The fraction of sp³-hybridized carbons (Fsp3) is 0.733. The number of amides is 1. The molecule has 6 heteroatoms. The maximum Gasteiger partial charge on any atom is 0.220 e. The van der Waals surface area contributed by atoms with Crippen LogP contribution >= 0.6 is 11.3 Å². The van der Waals surface area contributed by atoms with Gasteiger partial charge in [0.05, 0.1) is 18.7 Å². The van der Waals surface area contributed by atoms with Crippen molar-refractivity contribution >= 4 is 17.2 Å². The van der Waals surface area contributed by atoms with Crippen LogP contribution in [0.2, 0.25) is 0 Å². The smallest absolute Gasteiger partial charge is 0.220 e. The van der Waals surface area contributed by atoms with Crippen LogP contribution in [0.15, 0.2) is 11.6 Å². The van der Waals surface area contributed by atoms with Gasteiger partial charge >= 0.3 is 0 Å². The second-order valence-electron chi connectivity index (χ2n) is 6.53. The van der Waals surface area contributed by atoms with E-state index in [1.165, 1.54) is 0 Å². The highest BCUT2D eigenvalue weighted by atomic mass is 32.1. The van der Waals surface area contributed by atoms with E-state index < -0.39 is 5.54 Å². The van der Waals surface area contributed by atoms with Gasteiger partial charge in [-0.25, -0.2) is 4.98 Å². The third-order valence-electron chi connectivity index (χ3n) is 4.92. The highest BCUT2D eigenvalue weighted by molar-refractivity contribution is 7.09. The normalized spacial score (nSPS) is 33.2. The van der Waals surface area contributed by atoms with Crippen LogP contribution in [-0.4, -0.2) is 57.1 Å². The van der Waals surface area contributed by atoms with Crippen molar-refractivity contribution in [2.75, 3.05) is 19.7 Å². The number of carbonyl (C=O) groups is 1. The van der Waals surface area contributed by atoms with Crippen molar-refractivity contribution in [3.8, 4) is 0 Å². The Kier molecular flexibility index (Phi) is 4.03. The van der Waals surface area contributed by atoms with Crippen molar-refractivity contribution in [3.63, 3.8) is 0 Å². The molecule has 0 aliphatic carbocycles. The molecule has 0 unspecified atom stereocenters. The number of carbonyl (C=O) groups excluding carboxylic acids is 1. The lowest BCUT2D eigenvalue weighted by Crippen LogP contribution is -2.52. The number of aromatic nitrogens is 1. The number of hydrogen-bond acceptors (Lipinski definition) is 5. The van der Waals surface area contributed by atoms with Crippen LogP contribution in [0.25, 0.3) is 0 Å². The van der Waals surface area contributed by atoms with Crippen LogP contribution in [0.1, 0.15) is 31.7 Å². The molecule has 0 saturated carbocycles. The van der Waals surface area contributed by atoms with Gasteiger partial charge in [-0.1, -0.05) is 0 Å². The predicted molar refractivity (Wildman–Crippen MR) is 81.9 cm³/mol. The molecule has 3 heterocycles. The molecule has 1 amide bonds. The Morgan fingerprint density at radius 2 is 2.43 bits per heavy atom. The zero-order valence-electron chi connectivity index (χ0n) is 12.7. The molecule has 0 spiro atoms. The Hall–Kier alpha value is -0.980. The summed E-state index contributed by atoms with van der Waals surface area (Å²) in [5, 5.41) is 12.9. The second-order valence-corrected chi connectivity index (χ2v) is 7.50. The molecule has 2 fully saturated rings. The number of aliphatic hydroxyl groups is 1. The van der Waals surface area contributed by atoms with E-state index in [4.69, 9.17) is 0 Å².